The maximum absolute atomic E-state index is 13.3. The molecule has 1 N–H and O–H groups in total. The molecule has 1 aromatic rings. The lowest BCUT2D eigenvalue weighted by atomic mass is 9.81. The molecule has 0 aliphatic heterocycles. The average Bonchev–Trinajstić information content (AvgIpc) is 2.16. The van der Waals surface area contributed by atoms with Crippen LogP contribution in [0.15, 0.2) is 18.2 Å². The second kappa shape index (κ2) is 4.64. The van der Waals surface area contributed by atoms with Crippen molar-refractivity contribution in [3.8, 4) is 0 Å². The van der Waals surface area contributed by atoms with Gasteiger partial charge in [0.15, 0.2) is 0 Å². The van der Waals surface area contributed by atoms with Crippen LogP contribution in [0.4, 0.5) is 4.39 Å². The molecule has 3 heteroatoms. The molecule has 0 aliphatic rings. The normalized spacial score (nSPS) is 11.5. The lowest BCUT2D eigenvalue weighted by Gasteiger charge is -2.23. The summed E-state index contributed by atoms with van der Waals surface area (Å²) in [5, 5.41) is 8.82. The molecule has 16 heavy (non-hydrogen) atoms. The standard InChI is InChI=1S/C13H17FO2/c1-4-9-7-10(5-6-11(9)14)13(2,3)8-12(15)16/h5-7H,4,8H2,1-3H3,(H,15,16). The monoisotopic (exact) mass is 224 g/mol. The van der Waals surface area contributed by atoms with Crippen LogP contribution in [-0.2, 0) is 16.6 Å². The van der Waals surface area contributed by atoms with Crippen LogP contribution in [0, 0.1) is 5.82 Å². The predicted octanol–water partition coefficient (Wildman–Crippen LogP) is 3.14. The van der Waals surface area contributed by atoms with Gasteiger partial charge in [0.2, 0.25) is 0 Å². The fraction of sp³-hybridized carbons (Fsp3) is 0.462. The minimum atomic E-state index is -0.840. The second-order valence-corrected chi connectivity index (χ2v) is 4.61. The summed E-state index contributed by atoms with van der Waals surface area (Å²) in [6.07, 6.45) is 0.657. The van der Waals surface area contributed by atoms with Crippen LogP contribution in [0.25, 0.3) is 0 Å². The molecule has 0 saturated carbocycles. The van der Waals surface area contributed by atoms with Crippen LogP contribution in [0.3, 0.4) is 0 Å². The van der Waals surface area contributed by atoms with Crippen LogP contribution in [0.5, 0.6) is 0 Å². The van der Waals surface area contributed by atoms with E-state index >= 15 is 0 Å². The quantitative estimate of drug-likeness (QED) is 0.853. The van der Waals surface area contributed by atoms with Crippen LogP contribution < -0.4 is 0 Å². The molecule has 0 spiro atoms. The molecule has 0 radical (unpaired) electrons. The first-order valence-electron chi connectivity index (χ1n) is 5.37. The molecular formula is C13H17FO2. The lowest BCUT2D eigenvalue weighted by molar-refractivity contribution is -0.138. The summed E-state index contributed by atoms with van der Waals surface area (Å²) in [5.74, 6) is -1.07. The van der Waals surface area contributed by atoms with Crippen LogP contribution >= 0.6 is 0 Å². The van der Waals surface area contributed by atoms with Gasteiger partial charge in [-0.05, 0) is 23.6 Å². The predicted molar refractivity (Wildman–Crippen MR) is 61.1 cm³/mol. The third kappa shape index (κ3) is 2.81. The number of rotatable bonds is 4. The highest BCUT2D eigenvalue weighted by Crippen LogP contribution is 2.28. The number of carboxylic acids is 1. The fourth-order valence-corrected chi connectivity index (χ4v) is 1.75. The van der Waals surface area contributed by atoms with E-state index in [1.807, 2.05) is 20.8 Å². The highest BCUT2D eigenvalue weighted by molar-refractivity contribution is 5.68. The Kier molecular flexibility index (Phi) is 3.68. The van der Waals surface area contributed by atoms with E-state index in [-0.39, 0.29) is 12.2 Å². The zero-order chi connectivity index (χ0) is 12.3. The van der Waals surface area contributed by atoms with Gasteiger partial charge in [-0.15, -0.1) is 0 Å². The van der Waals surface area contributed by atoms with E-state index in [0.717, 1.165) is 5.56 Å². The van der Waals surface area contributed by atoms with Crippen molar-refractivity contribution in [2.45, 2.75) is 39.0 Å². The summed E-state index contributed by atoms with van der Waals surface area (Å²) in [4.78, 5) is 10.7. The zero-order valence-corrected chi connectivity index (χ0v) is 9.88. The number of hydrogen-bond donors (Lipinski definition) is 1. The topological polar surface area (TPSA) is 37.3 Å². The van der Waals surface area contributed by atoms with Gasteiger partial charge in [0.05, 0.1) is 6.42 Å². The molecule has 0 aliphatic carbocycles. The number of benzene rings is 1. The highest BCUT2D eigenvalue weighted by atomic mass is 19.1. The Balaban J connectivity index is 3.08. The third-order valence-electron chi connectivity index (χ3n) is 2.80. The van der Waals surface area contributed by atoms with E-state index < -0.39 is 11.4 Å². The molecule has 0 unspecified atom stereocenters. The lowest BCUT2D eigenvalue weighted by Crippen LogP contribution is -2.22. The number of carboxylic acid groups (broad SMARTS) is 1. The maximum atomic E-state index is 13.3. The van der Waals surface area contributed by atoms with Crippen molar-refractivity contribution in [1.82, 2.24) is 0 Å². The average molecular weight is 224 g/mol. The van der Waals surface area contributed by atoms with Crippen LogP contribution in [0.2, 0.25) is 0 Å². The summed E-state index contributed by atoms with van der Waals surface area (Å²) in [6, 6.07) is 4.84. The SMILES string of the molecule is CCc1cc(C(C)(C)CC(=O)O)ccc1F. The highest BCUT2D eigenvalue weighted by Gasteiger charge is 2.24. The molecule has 0 saturated heterocycles. The summed E-state index contributed by atoms with van der Waals surface area (Å²) in [5.41, 5.74) is 1.04. The summed E-state index contributed by atoms with van der Waals surface area (Å²) >= 11 is 0. The first-order chi connectivity index (χ1) is 7.36. The van der Waals surface area contributed by atoms with Crippen molar-refractivity contribution in [3.63, 3.8) is 0 Å². The summed E-state index contributed by atoms with van der Waals surface area (Å²) in [7, 11) is 0. The van der Waals surface area contributed by atoms with Crippen LogP contribution in [-0.4, -0.2) is 11.1 Å². The Morgan fingerprint density at radius 2 is 2.06 bits per heavy atom. The van der Waals surface area contributed by atoms with E-state index in [4.69, 9.17) is 5.11 Å². The van der Waals surface area contributed by atoms with Crippen molar-refractivity contribution >= 4 is 5.97 Å². The van der Waals surface area contributed by atoms with E-state index in [1.165, 1.54) is 6.07 Å². The van der Waals surface area contributed by atoms with Crippen LogP contribution in [0.1, 0.15) is 38.3 Å². The molecule has 88 valence electrons. The molecule has 0 aromatic heterocycles. The second-order valence-electron chi connectivity index (χ2n) is 4.61. The van der Waals surface area contributed by atoms with Crippen molar-refractivity contribution in [1.29, 1.82) is 0 Å². The number of aryl methyl sites for hydroxylation is 1. The van der Waals surface area contributed by atoms with E-state index in [9.17, 15) is 9.18 Å². The van der Waals surface area contributed by atoms with Crippen molar-refractivity contribution < 1.29 is 14.3 Å². The Labute approximate surface area is 95.1 Å². The molecular weight excluding hydrogens is 207 g/mol. The molecule has 1 aromatic carbocycles. The molecule has 0 amide bonds. The smallest absolute Gasteiger partial charge is 0.304 e. The van der Waals surface area contributed by atoms with Gasteiger partial charge < -0.3 is 5.11 Å². The van der Waals surface area contributed by atoms with Crippen molar-refractivity contribution in [2.24, 2.45) is 0 Å². The minimum Gasteiger partial charge on any atom is -0.481 e. The summed E-state index contributed by atoms with van der Waals surface area (Å²) in [6.45, 7) is 5.59. The minimum absolute atomic E-state index is 0.0434. The largest absolute Gasteiger partial charge is 0.481 e. The molecule has 0 heterocycles. The molecule has 1 rings (SSSR count). The first-order valence-corrected chi connectivity index (χ1v) is 5.37. The Hall–Kier alpha value is -1.38. The van der Waals surface area contributed by atoms with Gasteiger partial charge in [-0.2, -0.15) is 0 Å². The van der Waals surface area contributed by atoms with Gasteiger partial charge in [-0.1, -0.05) is 32.9 Å². The Bertz CT molecular complexity index is 397. The van der Waals surface area contributed by atoms with Gasteiger partial charge in [0, 0.05) is 5.41 Å². The fourth-order valence-electron chi connectivity index (χ4n) is 1.75. The van der Waals surface area contributed by atoms with E-state index in [2.05, 4.69) is 0 Å². The van der Waals surface area contributed by atoms with E-state index in [0.29, 0.717) is 12.0 Å². The number of hydrogen-bond acceptors (Lipinski definition) is 1. The van der Waals surface area contributed by atoms with Gasteiger partial charge in [-0.25, -0.2) is 4.39 Å². The summed E-state index contributed by atoms with van der Waals surface area (Å²) < 4.78 is 13.3. The van der Waals surface area contributed by atoms with E-state index in [1.54, 1.807) is 12.1 Å². The molecule has 0 atom stereocenters. The van der Waals surface area contributed by atoms with Crippen molar-refractivity contribution in [2.75, 3.05) is 0 Å². The Morgan fingerprint density at radius 3 is 2.56 bits per heavy atom. The third-order valence-corrected chi connectivity index (χ3v) is 2.80. The first kappa shape index (κ1) is 12.7. The maximum Gasteiger partial charge on any atom is 0.304 e. The molecule has 2 nitrogen and oxygen atoms in total. The number of carbonyl (C=O) groups is 1. The van der Waals surface area contributed by atoms with Gasteiger partial charge in [0.1, 0.15) is 5.82 Å². The van der Waals surface area contributed by atoms with Crippen molar-refractivity contribution in [3.05, 3.63) is 35.1 Å². The zero-order valence-electron chi connectivity index (χ0n) is 9.88. The molecule has 0 bridgehead atoms. The van der Waals surface area contributed by atoms with Gasteiger partial charge in [-0.3, -0.25) is 4.79 Å². The number of aliphatic carboxylic acids is 1. The van der Waals surface area contributed by atoms with Gasteiger partial charge >= 0.3 is 5.97 Å². The Morgan fingerprint density at radius 1 is 1.44 bits per heavy atom. The molecule has 0 fully saturated rings. The number of halogens is 1. The van der Waals surface area contributed by atoms with Gasteiger partial charge in [0.25, 0.3) is 0 Å².